The molecule has 0 saturated carbocycles. The van der Waals surface area contributed by atoms with Crippen molar-refractivity contribution in [3.8, 4) is 0 Å². The molecule has 7 rings (SSSR count). The molecule has 0 radical (unpaired) electrons. The molecule has 0 amide bonds. The maximum absolute atomic E-state index is 14.3. The van der Waals surface area contributed by atoms with E-state index < -0.39 is 16.9 Å². The van der Waals surface area contributed by atoms with E-state index in [0.717, 1.165) is 16.5 Å². The first-order valence-electron chi connectivity index (χ1n) is 15.2. The molecule has 6 aromatic rings. The van der Waals surface area contributed by atoms with E-state index in [9.17, 15) is 19.7 Å². The lowest BCUT2D eigenvalue weighted by atomic mass is 9.94. The Labute approximate surface area is 273 Å². The summed E-state index contributed by atoms with van der Waals surface area (Å²) in [6.45, 7) is 5.82. The van der Waals surface area contributed by atoms with Crippen molar-refractivity contribution in [1.82, 2.24) is 9.13 Å². The van der Waals surface area contributed by atoms with Gasteiger partial charge in [0, 0.05) is 40.8 Å². The fraction of sp³-hybridized carbons (Fsp3) is 0.162. The van der Waals surface area contributed by atoms with Gasteiger partial charge in [0.2, 0.25) is 0 Å². The fourth-order valence-corrected chi connectivity index (χ4v) is 7.41. The van der Waals surface area contributed by atoms with Gasteiger partial charge in [-0.25, -0.2) is 9.79 Å². The second-order valence-electron chi connectivity index (χ2n) is 11.5. The fourth-order valence-electron chi connectivity index (χ4n) is 6.38. The molecule has 9 nitrogen and oxygen atoms in total. The first-order valence-corrected chi connectivity index (χ1v) is 16.1. The summed E-state index contributed by atoms with van der Waals surface area (Å²) in [5, 5.41) is 15.2. The number of rotatable bonds is 7. The molecule has 4 aromatic carbocycles. The molecular weight excluding hydrogens is 612 g/mol. The summed E-state index contributed by atoms with van der Waals surface area (Å²) < 4.78 is 9.46. The number of allylic oxidation sites excluding steroid dienone is 1. The highest BCUT2D eigenvalue weighted by molar-refractivity contribution is 7.07. The molecule has 1 aliphatic rings. The number of esters is 1. The predicted octanol–water partition coefficient (Wildman–Crippen LogP) is 6.17. The van der Waals surface area contributed by atoms with Gasteiger partial charge in [-0.1, -0.05) is 84.1 Å². The zero-order valence-corrected chi connectivity index (χ0v) is 26.8. The summed E-state index contributed by atoms with van der Waals surface area (Å²) in [4.78, 5) is 44.0. The number of nitrogens with zero attached hydrogens (tertiary/aromatic N) is 4. The van der Waals surface area contributed by atoms with Crippen molar-refractivity contribution in [2.45, 2.75) is 33.4 Å². The number of carbonyl (C=O) groups is 1. The monoisotopic (exact) mass is 642 g/mol. The second-order valence-corrected chi connectivity index (χ2v) is 12.5. The second kappa shape index (κ2) is 12.0. The lowest BCUT2D eigenvalue weighted by Crippen LogP contribution is -2.40. The number of aryl methyl sites for hydroxylation is 1. The summed E-state index contributed by atoms with van der Waals surface area (Å²) in [7, 11) is 0. The van der Waals surface area contributed by atoms with Crippen molar-refractivity contribution in [2.75, 3.05) is 6.61 Å². The van der Waals surface area contributed by atoms with Gasteiger partial charge in [-0.05, 0) is 54.8 Å². The van der Waals surface area contributed by atoms with Crippen LogP contribution in [0.15, 0.2) is 112 Å². The van der Waals surface area contributed by atoms with Crippen LogP contribution in [0.4, 0.5) is 5.69 Å². The van der Waals surface area contributed by atoms with Crippen molar-refractivity contribution < 1.29 is 14.5 Å². The van der Waals surface area contributed by atoms with Crippen LogP contribution in [-0.4, -0.2) is 26.6 Å². The van der Waals surface area contributed by atoms with Crippen LogP contribution in [0.2, 0.25) is 0 Å². The standard InChI is InChI=1S/C37H30N4O5S/c1-4-46-36(43)33-23(3)38-37-40(34(33)25-17-16-22(2)31(18-25)41(44)45)35(42)32(47-37)19-27-21-39(30-15-8-7-14-29(27)30)20-26-12-9-11-24-10-5-6-13-28(24)26/h5-19,21,34H,4,20H2,1-3H3/b32-19+/t34-/m0/s1. The molecule has 0 fully saturated rings. The molecule has 1 atom stereocenters. The van der Waals surface area contributed by atoms with Crippen LogP contribution in [0.25, 0.3) is 27.8 Å². The van der Waals surface area contributed by atoms with Crippen LogP contribution in [0, 0.1) is 17.0 Å². The predicted molar refractivity (Wildman–Crippen MR) is 183 cm³/mol. The van der Waals surface area contributed by atoms with Crippen LogP contribution in [0.1, 0.15) is 42.1 Å². The van der Waals surface area contributed by atoms with Crippen LogP contribution < -0.4 is 14.9 Å². The maximum Gasteiger partial charge on any atom is 0.338 e. The summed E-state index contributed by atoms with van der Waals surface area (Å²) in [6, 6.07) is 26.5. The highest BCUT2D eigenvalue weighted by atomic mass is 32.1. The molecule has 0 N–H and O–H groups in total. The Morgan fingerprint density at radius 1 is 1.02 bits per heavy atom. The number of nitro benzene ring substituents is 1. The van der Waals surface area contributed by atoms with Crippen molar-refractivity contribution in [2.24, 2.45) is 4.99 Å². The van der Waals surface area contributed by atoms with E-state index in [1.54, 1.807) is 32.9 Å². The molecule has 10 heteroatoms. The van der Waals surface area contributed by atoms with E-state index in [0.29, 0.717) is 32.7 Å². The molecule has 234 valence electrons. The third kappa shape index (κ3) is 5.26. The summed E-state index contributed by atoms with van der Waals surface area (Å²) >= 11 is 1.22. The number of ether oxygens (including phenoxy) is 1. The number of thiazole rings is 1. The van der Waals surface area contributed by atoms with Gasteiger partial charge < -0.3 is 9.30 Å². The molecule has 47 heavy (non-hydrogen) atoms. The number of hydrogen-bond donors (Lipinski definition) is 0. The Kier molecular flexibility index (Phi) is 7.65. The van der Waals surface area contributed by atoms with Gasteiger partial charge in [0.05, 0.1) is 33.4 Å². The van der Waals surface area contributed by atoms with Gasteiger partial charge in [-0.15, -0.1) is 0 Å². The van der Waals surface area contributed by atoms with Gasteiger partial charge in [-0.2, -0.15) is 0 Å². The van der Waals surface area contributed by atoms with E-state index in [1.807, 2.05) is 36.4 Å². The minimum atomic E-state index is -0.945. The summed E-state index contributed by atoms with van der Waals surface area (Å²) in [6.07, 6.45) is 3.92. The summed E-state index contributed by atoms with van der Waals surface area (Å²) in [5.41, 5.74) is 4.13. The molecule has 0 unspecified atom stereocenters. The van der Waals surface area contributed by atoms with E-state index in [-0.39, 0.29) is 23.4 Å². The number of hydrogen-bond acceptors (Lipinski definition) is 7. The SMILES string of the molecule is CCOC(=O)C1=C(C)N=c2s/c(=C/c3cn(Cc4cccc5ccccc45)c4ccccc34)c(=O)n2[C@H]1c1ccc(C)c([N+](=O)[O-])c1. The highest BCUT2D eigenvalue weighted by Gasteiger charge is 2.34. The average Bonchev–Trinajstić information content (AvgIpc) is 3.56. The van der Waals surface area contributed by atoms with Gasteiger partial charge >= 0.3 is 5.97 Å². The molecule has 0 spiro atoms. The highest BCUT2D eigenvalue weighted by Crippen LogP contribution is 2.33. The number of fused-ring (bicyclic) bond motifs is 3. The van der Waals surface area contributed by atoms with Crippen molar-refractivity contribution >= 4 is 50.7 Å². The smallest absolute Gasteiger partial charge is 0.338 e. The molecule has 0 aliphatic carbocycles. The lowest BCUT2D eigenvalue weighted by Gasteiger charge is -2.24. The van der Waals surface area contributed by atoms with Crippen LogP contribution >= 0.6 is 11.3 Å². The normalized spacial score (nSPS) is 14.8. The molecule has 1 aliphatic heterocycles. The number of nitro groups is 1. The molecular formula is C37H30N4O5S. The van der Waals surface area contributed by atoms with Crippen molar-refractivity contribution in [1.29, 1.82) is 0 Å². The zero-order chi connectivity index (χ0) is 32.8. The van der Waals surface area contributed by atoms with Gasteiger partial charge in [-0.3, -0.25) is 19.5 Å². The van der Waals surface area contributed by atoms with Crippen LogP contribution in [0.3, 0.4) is 0 Å². The maximum atomic E-state index is 14.3. The van der Waals surface area contributed by atoms with E-state index in [2.05, 4.69) is 52.2 Å². The first kappa shape index (κ1) is 30.1. The van der Waals surface area contributed by atoms with Gasteiger partial charge in [0.1, 0.15) is 0 Å². The van der Waals surface area contributed by atoms with Crippen LogP contribution in [-0.2, 0) is 16.1 Å². The number of para-hydroxylation sites is 1. The Morgan fingerprint density at radius 3 is 2.55 bits per heavy atom. The van der Waals surface area contributed by atoms with Crippen molar-refractivity contribution in [3.05, 3.63) is 154 Å². The largest absolute Gasteiger partial charge is 0.463 e. The Bertz CT molecular complexity index is 2460. The average molecular weight is 643 g/mol. The van der Waals surface area contributed by atoms with E-state index >= 15 is 0 Å². The molecule has 2 aromatic heterocycles. The number of benzene rings is 4. The van der Waals surface area contributed by atoms with Crippen molar-refractivity contribution in [3.63, 3.8) is 0 Å². The molecule has 0 saturated heterocycles. The van der Waals surface area contributed by atoms with Gasteiger partial charge in [0.15, 0.2) is 4.80 Å². The topological polar surface area (TPSA) is 109 Å². The van der Waals surface area contributed by atoms with Crippen LogP contribution in [0.5, 0.6) is 0 Å². The molecule has 0 bridgehead atoms. The minimum Gasteiger partial charge on any atom is -0.463 e. The summed E-state index contributed by atoms with van der Waals surface area (Å²) in [5.74, 6) is -0.618. The van der Waals surface area contributed by atoms with E-state index in [4.69, 9.17) is 4.74 Å². The first-order chi connectivity index (χ1) is 22.7. The third-order valence-corrected chi connectivity index (χ3v) is 9.57. The number of carbonyl (C=O) groups excluding carboxylic acids is 1. The van der Waals surface area contributed by atoms with E-state index in [1.165, 1.54) is 38.3 Å². The Morgan fingerprint density at radius 2 is 1.77 bits per heavy atom. The third-order valence-electron chi connectivity index (χ3n) is 8.59. The molecule has 3 heterocycles. The Balaban J connectivity index is 1.39. The minimum absolute atomic E-state index is 0.0958. The quantitative estimate of drug-likeness (QED) is 0.118. The number of aromatic nitrogens is 2. The zero-order valence-electron chi connectivity index (χ0n) is 26.0. The lowest BCUT2D eigenvalue weighted by molar-refractivity contribution is -0.385. The van der Waals surface area contributed by atoms with Gasteiger partial charge in [0.25, 0.3) is 11.2 Å². The Hall–Kier alpha value is -5.61.